The average molecular weight is 458 g/mol. The van der Waals surface area contributed by atoms with Crippen LogP contribution in [0.1, 0.15) is 63.3 Å². The van der Waals surface area contributed by atoms with Crippen LogP contribution < -0.4 is 10.2 Å². The summed E-state index contributed by atoms with van der Waals surface area (Å²) >= 11 is 1.41. The number of esters is 2. The number of ether oxygens (including phenoxy) is 2. The van der Waals surface area contributed by atoms with Crippen molar-refractivity contribution < 1.29 is 23.9 Å². The van der Waals surface area contributed by atoms with E-state index in [1.54, 1.807) is 18.3 Å². The van der Waals surface area contributed by atoms with Crippen molar-refractivity contribution in [2.75, 3.05) is 37.0 Å². The second-order valence-electron chi connectivity index (χ2n) is 7.95. The third-order valence-corrected chi connectivity index (χ3v) is 7.02. The van der Waals surface area contributed by atoms with Gasteiger partial charge in [0.1, 0.15) is 16.4 Å². The second kappa shape index (κ2) is 10.1. The van der Waals surface area contributed by atoms with Gasteiger partial charge in [-0.1, -0.05) is 6.42 Å². The van der Waals surface area contributed by atoms with Crippen LogP contribution >= 0.6 is 11.3 Å². The number of aryl methyl sites for hydroxylation is 1. The largest absolute Gasteiger partial charge is 0.465 e. The zero-order valence-corrected chi connectivity index (χ0v) is 19.0. The number of amides is 1. The van der Waals surface area contributed by atoms with Crippen LogP contribution in [0.15, 0.2) is 18.3 Å². The van der Waals surface area contributed by atoms with Gasteiger partial charge in [-0.25, -0.2) is 14.6 Å². The van der Waals surface area contributed by atoms with Gasteiger partial charge < -0.3 is 19.7 Å². The number of methoxy groups -OCH3 is 1. The van der Waals surface area contributed by atoms with Crippen molar-refractivity contribution in [1.82, 2.24) is 4.98 Å². The maximum absolute atomic E-state index is 12.7. The highest BCUT2D eigenvalue weighted by Gasteiger charge is 2.27. The molecule has 1 aliphatic carbocycles. The van der Waals surface area contributed by atoms with E-state index in [0.717, 1.165) is 68.5 Å². The van der Waals surface area contributed by atoms with E-state index in [1.165, 1.54) is 18.4 Å². The molecule has 0 saturated carbocycles. The Morgan fingerprint density at radius 1 is 1.09 bits per heavy atom. The number of hydrogen-bond donors (Lipinski definition) is 1. The minimum Gasteiger partial charge on any atom is -0.465 e. The van der Waals surface area contributed by atoms with Gasteiger partial charge in [-0.3, -0.25) is 4.79 Å². The second-order valence-corrected chi connectivity index (χ2v) is 9.06. The predicted molar refractivity (Wildman–Crippen MR) is 122 cm³/mol. The topological polar surface area (TPSA) is 97.8 Å². The highest BCUT2D eigenvalue weighted by atomic mass is 32.1. The molecule has 0 aromatic carbocycles. The molecule has 1 saturated heterocycles. The Bertz CT molecular complexity index is 1010. The maximum Gasteiger partial charge on any atom is 0.342 e. The molecule has 2 aromatic heterocycles. The number of carbonyl (C=O) groups excluding carboxylic acids is 3. The van der Waals surface area contributed by atoms with Gasteiger partial charge in [0.15, 0.2) is 6.61 Å². The van der Waals surface area contributed by atoms with E-state index >= 15 is 0 Å². The summed E-state index contributed by atoms with van der Waals surface area (Å²) in [4.78, 5) is 45.1. The van der Waals surface area contributed by atoms with Gasteiger partial charge >= 0.3 is 11.9 Å². The molecule has 0 bridgehead atoms. The van der Waals surface area contributed by atoms with Gasteiger partial charge in [0.25, 0.3) is 5.91 Å². The summed E-state index contributed by atoms with van der Waals surface area (Å²) in [6, 6.07) is 3.34. The average Bonchev–Trinajstić information content (AvgIpc) is 3.40. The van der Waals surface area contributed by atoms with Crippen molar-refractivity contribution in [2.45, 2.75) is 44.9 Å². The number of hydrogen-bond acceptors (Lipinski definition) is 8. The lowest BCUT2D eigenvalue weighted by atomic mass is 10.1. The standard InChI is InChI=1S/C23H27N3O5S/c1-30-23(29)19-15-8-3-2-4-10-17(15)32-21(19)25-18(27)14-31-22(28)16-9-7-11-24-20(16)26-12-5-6-13-26/h7,9,11H,2-6,8,10,12-14H2,1H3,(H,25,27). The number of nitrogens with one attached hydrogen (secondary N) is 1. The number of pyridine rings is 1. The van der Waals surface area contributed by atoms with E-state index < -0.39 is 24.5 Å². The highest BCUT2D eigenvalue weighted by molar-refractivity contribution is 7.17. The van der Waals surface area contributed by atoms with Crippen LogP contribution in [0.3, 0.4) is 0 Å². The molecule has 0 unspecified atom stereocenters. The molecule has 3 heterocycles. The lowest BCUT2D eigenvalue weighted by Crippen LogP contribution is -2.25. The number of aromatic nitrogens is 1. The molecule has 1 N–H and O–H groups in total. The van der Waals surface area contributed by atoms with E-state index in [0.29, 0.717) is 21.9 Å². The van der Waals surface area contributed by atoms with Crippen molar-refractivity contribution in [1.29, 1.82) is 0 Å². The van der Waals surface area contributed by atoms with Gasteiger partial charge in [-0.2, -0.15) is 0 Å². The van der Waals surface area contributed by atoms with Gasteiger partial charge in [-0.15, -0.1) is 11.3 Å². The minimum absolute atomic E-state index is 0.347. The fourth-order valence-electron chi connectivity index (χ4n) is 4.26. The van der Waals surface area contributed by atoms with Gasteiger partial charge in [0.05, 0.1) is 12.7 Å². The molecule has 170 valence electrons. The zero-order chi connectivity index (χ0) is 22.5. The first-order chi connectivity index (χ1) is 15.6. The maximum atomic E-state index is 12.7. The van der Waals surface area contributed by atoms with Crippen LogP contribution in [0.2, 0.25) is 0 Å². The van der Waals surface area contributed by atoms with Crippen molar-refractivity contribution in [2.24, 2.45) is 0 Å². The van der Waals surface area contributed by atoms with Gasteiger partial charge in [0, 0.05) is 24.2 Å². The molecule has 1 amide bonds. The summed E-state index contributed by atoms with van der Waals surface area (Å²) < 4.78 is 10.2. The lowest BCUT2D eigenvalue weighted by molar-refractivity contribution is -0.119. The smallest absolute Gasteiger partial charge is 0.342 e. The van der Waals surface area contributed by atoms with Crippen LogP contribution in [-0.4, -0.2) is 49.6 Å². The number of nitrogens with zero attached hydrogens (tertiary/aromatic N) is 2. The van der Waals surface area contributed by atoms with Crippen LogP contribution in [0, 0.1) is 0 Å². The van der Waals surface area contributed by atoms with E-state index in [1.807, 2.05) is 0 Å². The molecule has 2 aromatic rings. The first-order valence-electron chi connectivity index (χ1n) is 11.0. The fraction of sp³-hybridized carbons (Fsp3) is 0.478. The fourth-order valence-corrected chi connectivity index (χ4v) is 5.55. The van der Waals surface area contributed by atoms with Crippen LogP contribution in [0.5, 0.6) is 0 Å². The molecule has 8 nitrogen and oxygen atoms in total. The van der Waals surface area contributed by atoms with Crippen molar-refractivity contribution >= 4 is 40.0 Å². The molecule has 1 aliphatic heterocycles. The SMILES string of the molecule is COC(=O)c1c(NC(=O)COC(=O)c2cccnc2N2CCCC2)sc2c1CCCCC2. The molecule has 9 heteroatoms. The van der Waals surface area contributed by atoms with Gasteiger partial charge in [0.2, 0.25) is 0 Å². The number of carbonyl (C=O) groups is 3. The molecule has 1 fully saturated rings. The Hall–Kier alpha value is -2.94. The number of thiophene rings is 1. The number of fused-ring (bicyclic) bond motifs is 1. The third-order valence-electron chi connectivity index (χ3n) is 5.81. The molecule has 0 radical (unpaired) electrons. The summed E-state index contributed by atoms with van der Waals surface area (Å²) in [5.41, 5.74) is 1.75. The molecule has 4 rings (SSSR count). The number of rotatable bonds is 6. The Morgan fingerprint density at radius 3 is 2.66 bits per heavy atom. The molecule has 0 atom stereocenters. The first-order valence-corrected chi connectivity index (χ1v) is 11.8. The summed E-state index contributed by atoms with van der Waals surface area (Å²) in [7, 11) is 1.34. The number of anilines is 2. The summed E-state index contributed by atoms with van der Waals surface area (Å²) in [5.74, 6) is -0.954. The highest BCUT2D eigenvalue weighted by Crippen LogP contribution is 2.38. The van der Waals surface area contributed by atoms with Crippen molar-refractivity contribution in [3.05, 3.63) is 39.9 Å². The van der Waals surface area contributed by atoms with E-state index in [2.05, 4.69) is 15.2 Å². The predicted octanol–water partition coefficient (Wildman–Crippen LogP) is 3.59. The minimum atomic E-state index is -0.592. The van der Waals surface area contributed by atoms with Crippen molar-refractivity contribution in [3.8, 4) is 0 Å². The van der Waals surface area contributed by atoms with Crippen LogP contribution in [0.4, 0.5) is 10.8 Å². The van der Waals surface area contributed by atoms with E-state index in [-0.39, 0.29) is 0 Å². The Labute approximate surface area is 190 Å². The quantitative estimate of drug-likeness (QED) is 0.523. The van der Waals surface area contributed by atoms with Crippen LogP contribution in [0.25, 0.3) is 0 Å². The molecular weight excluding hydrogens is 430 g/mol. The van der Waals surface area contributed by atoms with Crippen LogP contribution in [-0.2, 0) is 27.1 Å². The monoisotopic (exact) mass is 457 g/mol. The molecular formula is C23H27N3O5S. The van der Waals surface area contributed by atoms with E-state index in [9.17, 15) is 14.4 Å². The molecule has 32 heavy (non-hydrogen) atoms. The first kappa shape index (κ1) is 22.3. The summed E-state index contributed by atoms with van der Waals surface area (Å²) in [6.45, 7) is 1.24. The summed E-state index contributed by atoms with van der Waals surface area (Å²) in [5, 5.41) is 3.22. The zero-order valence-electron chi connectivity index (χ0n) is 18.1. The van der Waals surface area contributed by atoms with Gasteiger partial charge in [-0.05, 0) is 56.2 Å². The van der Waals surface area contributed by atoms with Crippen molar-refractivity contribution in [3.63, 3.8) is 0 Å². The summed E-state index contributed by atoms with van der Waals surface area (Å²) in [6.07, 6.45) is 8.62. The Balaban J connectivity index is 1.44. The normalized spacial score (nSPS) is 15.6. The Morgan fingerprint density at radius 2 is 1.88 bits per heavy atom. The molecule has 2 aliphatic rings. The molecule has 0 spiro atoms. The Kier molecular flexibility index (Phi) is 7.04. The third kappa shape index (κ3) is 4.77. The van der Waals surface area contributed by atoms with E-state index in [4.69, 9.17) is 9.47 Å². The lowest BCUT2D eigenvalue weighted by Gasteiger charge is -2.18.